The molecule has 108 valence electrons. The van der Waals surface area contributed by atoms with Crippen LogP contribution in [-0.4, -0.2) is 24.0 Å². The zero-order valence-corrected chi connectivity index (χ0v) is 10.3. The van der Waals surface area contributed by atoms with Crippen molar-refractivity contribution in [1.82, 2.24) is 0 Å². The van der Waals surface area contributed by atoms with Crippen LogP contribution in [0.25, 0.3) is 0 Å². The van der Waals surface area contributed by atoms with Crippen LogP contribution in [0.4, 0.5) is 13.2 Å². The Balaban J connectivity index is 3.49. The fourth-order valence-corrected chi connectivity index (χ4v) is 1.48. The summed E-state index contributed by atoms with van der Waals surface area (Å²) >= 11 is 0. The summed E-state index contributed by atoms with van der Waals surface area (Å²) in [6.45, 7) is 0.589. The maximum Gasteiger partial charge on any atom is 0.573 e. The predicted octanol–water partition coefficient (Wildman–Crippen LogP) is 2.13. The van der Waals surface area contributed by atoms with Crippen LogP contribution >= 0.6 is 0 Å². The van der Waals surface area contributed by atoms with E-state index in [0.717, 1.165) is 12.1 Å². The zero-order valence-electron chi connectivity index (χ0n) is 10.3. The van der Waals surface area contributed by atoms with E-state index in [2.05, 4.69) is 9.47 Å². The molecule has 0 aromatic heterocycles. The minimum absolute atomic E-state index is 0.0848. The lowest BCUT2D eigenvalue weighted by Crippen LogP contribution is -2.21. The third kappa shape index (κ3) is 3.61. The smallest absolute Gasteiger partial charge is 0.462 e. The van der Waals surface area contributed by atoms with E-state index in [9.17, 15) is 18.0 Å². The van der Waals surface area contributed by atoms with Crippen molar-refractivity contribution >= 4 is 5.97 Å². The molecule has 0 radical (unpaired) electrons. The predicted molar refractivity (Wildman–Crippen MR) is 59.7 cm³/mol. The Bertz CT molecular complexity index is 549. The molecule has 20 heavy (non-hydrogen) atoms. The molecule has 0 bridgehead atoms. The van der Waals surface area contributed by atoms with Gasteiger partial charge in [-0.05, 0) is 13.0 Å². The normalized spacial score (nSPS) is 10.8. The van der Waals surface area contributed by atoms with Gasteiger partial charge in [-0.2, -0.15) is 5.26 Å². The second-order valence-electron chi connectivity index (χ2n) is 3.51. The highest BCUT2D eigenvalue weighted by Gasteiger charge is 2.35. The van der Waals surface area contributed by atoms with Gasteiger partial charge in [-0.25, -0.2) is 4.79 Å². The molecule has 0 atom stereocenters. The second kappa shape index (κ2) is 6.25. The van der Waals surface area contributed by atoms with Crippen LogP contribution in [0.3, 0.4) is 0 Å². The summed E-state index contributed by atoms with van der Waals surface area (Å²) in [5, 5.41) is 17.9. The molecular weight excluding hydrogens is 279 g/mol. The number of benzene rings is 1. The van der Waals surface area contributed by atoms with Crippen LogP contribution in [-0.2, 0) is 11.3 Å². The van der Waals surface area contributed by atoms with Crippen LogP contribution in [0.5, 0.6) is 5.75 Å². The fraction of sp³-hybridized carbons (Fsp3) is 0.333. The average molecular weight is 289 g/mol. The number of hydrogen-bond donors (Lipinski definition) is 1. The molecule has 0 saturated heterocycles. The molecule has 0 unspecified atom stereocenters. The van der Waals surface area contributed by atoms with Crippen LogP contribution in [0.15, 0.2) is 12.1 Å². The number of carbonyl (C=O) groups excluding carboxylic acids is 1. The second-order valence-corrected chi connectivity index (χ2v) is 3.51. The van der Waals surface area contributed by atoms with Crippen molar-refractivity contribution in [3.05, 3.63) is 28.8 Å². The first-order chi connectivity index (χ1) is 9.34. The third-order valence-corrected chi connectivity index (χ3v) is 2.23. The van der Waals surface area contributed by atoms with Gasteiger partial charge in [0.2, 0.25) is 0 Å². The summed E-state index contributed by atoms with van der Waals surface area (Å²) < 4.78 is 45.5. The van der Waals surface area contributed by atoms with Crippen LogP contribution in [0, 0.1) is 11.3 Å². The molecule has 1 N–H and O–H groups in total. The average Bonchev–Trinajstić information content (AvgIpc) is 2.36. The van der Waals surface area contributed by atoms with Crippen molar-refractivity contribution in [2.45, 2.75) is 19.9 Å². The number of rotatable bonds is 4. The van der Waals surface area contributed by atoms with Gasteiger partial charge in [0, 0.05) is 5.56 Å². The lowest BCUT2D eigenvalue weighted by atomic mass is 10.0. The summed E-state index contributed by atoms with van der Waals surface area (Å²) in [7, 11) is 0. The van der Waals surface area contributed by atoms with E-state index in [4.69, 9.17) is 10.4 Å². The van der Waals surface area contributed by atoms with Gasteiger partial charge in [-0.1, -0.05) is 6.07 Å². The first-order valence-corrected chi connectivity index (χ1v) is 5.43. The van der Waals surface area contributed by atoms with Crippen LogP contribution in [0.1, 0.15) is 28.4 Å². The van der Waals surface area contributed by atoms with E-state index >= 15 is 0 Å². The van der Waals surface area contributed by atoms with Gasteiger partial charge in [0.05, 0.1) is 18.8 Å². The molecule has 1 aromatic rings. The van der Waals surface area contributed by atoms with Gasteiger partial charge >= 0.3 is 12.3 Å². The molecule has 0 saturated carbocycles. The first kappa shape index (κ1) is 15.8. The van der Waals surface area contributed by atoms with Gasteiger partial charge < -0.3 is 14.6 Å². The van der Waals surface area contributed by atoms with Gasteiger partial charge in [0.15, 0.2) is 5.75 Å². The summed E-state index contributed by atoms with van der Waals surface area (Å²) in [5.41, 5.74) is -1.26. The summed E-state index contributed by atoms with van der Waals surface area (Å²) in [4.78, 5) is 11.7. The molecule has 0 aliphatic carbocycles. The Hall–Kier alpha value is -2.27. The minimum atomic E-state index is -5.07. The summed E-state index contributed by atoms with van der Waals surface area (Å²) in [5.74, 6) is -2.05. The van der Waals surface area contributed by atoms with Crippen molar-refractivity contribution < 1.29 is 32.5 Å². The number of nitriles is 1. The number of alkyl halides is 3. The number of aliphatic hydroxyl groups excluding tert-OH is 1. The molecule has 0 spiro atoms. The molecular formula is C12H10F3NO4. The fourth-order valence-electron chi connectivity index (χ4n) is 1.48. The summed E-state index contributed by atoms with van der Waals surface area (Å²) in [6.07, 6.45) is -5.07. The van der Waals surface area contributed by atoms with Gasteiger partial charge in [-0.15, -0.1) is 13.2 Å². The van der Waals surface area contributed by atoms with Gasteiger partial charge in [0.25, 0.3) is 0 Å². The maximum atomic E-state index is 12.4. The van der Waals surface area contributed by atoms with Gasteiger partial charge in [-0.3, -0.25) is 0 Å². The standard InChI is InChI=1S/C12H10F3NO4/c1-2-19-11(18)9-7(5-16)3-4-8(6-17)10(9)20-12(13,14)15/h3-4,17H,2,6H2,1H3. The number of carbonyl (C=O) groups is 1. The Morgan fingerprint density at radius 1 is 1.45 bits per heavy atom. The third-order valence-electron chi connectivity index (χ3n) is 2.23. The Kier molecular flexibility index (Phi) is 4.94. The lowest BCUT2D eigenvalue weighted by Gasteiger charge is -2.16. The van der Waals surface area contributed by atoms with Crippen molar-refractivity contribution in [3.63, 3.8) is 0 Å². The van der Waals surface area contributed by atoms with E-state index in [0.29, 0.717) is 0 Å². The Morgan fingerprint density at radius 3 is 2.55 bits per heavy atom. The van der Waals surface area contributed by atoms with Crippen molar-refractivity contribution in [2.75, 3.05) is 6.61 Å². The minimum Gasteiger partial charge on any atom is -0.462 e. The summed E-state index contributed by atoms with van der Waals surface area (Å²) in [6, 6.07) is 3.77. The molecule has 0 aliphatic heterocycles. The largest absolute Gasteiger partial charge is 0.573 e. The number of hydrogen-bond acceptors (Lipinski definition) is 5. The molecule has 0 amide bonds. The van der Waals surface area contributed by atoms with E-state index < -0.39 is 30.3 Å². The number of ether oxygens (including phenoxy) is 2. The van der Waals surface area contributed by atoms with E-state index in [1.165, 1.54) is 6.92 Å². The number of nitrogens with zero attached hydrogens (tertiary/aromatic N) is 1. The van der Waals surface area contributed by atoms with Crippen LogP contribution in [0.2, 0.25) is 0 Å². The lowest BCUT2D eigenvalue weighted by molar-refractivity contribution is -0.275. The maximum absolute atomic E-state index is 12.4. The quantitative estimate of drug-likeness (QED) is 0.859. The van der Waals surface area contributed by atoms with Gasteiger partial charge in [0.1, 0.15) is 11.6 Å². The molecule has 8 heteroatoms. The molecule has 1 rings (SSSR count). The molecule has 1 aromatic carbocycles. The van der Waals surface area contributed by atoms with Crippen molar-refractivity contribution in [1.29, 1.82) is 5.26 Å². The topological polar surface area (TPSA) is 79.6 Å². The highest BCUT2D eigenvalue weighted by Crippen LogP contribution is 2.33. The van der Waals surface area contributed by atoms with Crippen LogP contribution < -0.4 is 4.74 Å². The number of esters is 1. The van der Waals surface area contributed by atoms with Crippen molar-refractivity contribution in [2.24, 2.45) is 0 Å². The number of halogens is 3. The zero-order chi connectivity index (χ0) is 15.3. The SMILES string of the molecule is CCOC(=O)c1c(C#N)ccc(CO)c1OC(F)(F)F. The highest BCUT2D eigenvalue weighted by atomic mass is 19.4. The van der Waals surface area contributed by atoms with Crippen molar-refractivity contribution in [3.8, 4) is 11.8 Å². The van der Waals surface area contributed by atoms with E-state index in [-0.39, 0.29) is 17.7 Å². The molecule has 0 heterocycles. The Labute approximate surface area is 112 Å². The monoisotopic (exact) mass is 289 g/mol. The Morgan fingerprint density at radius 2 is 2.10 bits per heavy atom. The molecule has 0 aliphatic rings. The van der Waals surface area contributed by atoms with E-state index in [1.54, 1.807) is 6.07 Å². The first-order valence-electron chi connectivity index (χ1n) is 5.43. The van der Waals surface area contributed by atoms with E-state index in [1.807, 2.05) is 0 Å². The number of aliphatic hydroxyl groups is 1. The molecule has 0 fully saturated rings. The highest BCUT2D eigenvalue weighted by molar-refractivity contribution is 5.95. The molecule has 5 nitrogen and oxygen atoms in total.